The first kappa shape index (κ1) is 17.9. The van der Waals surface area contributed by atoms with Crippen molar-refractivity contribution in [3.05, 3.63) is 63.2 Å². The van der Waals surface area contributed by atoms with Crippen molar-refractivity contribution in [2.75, 3.05) is 6.61 Å². The zero-order valence-electron chi connectivity index (χ0n) is 13.7. The number of rotatable bonds is 6. The van der Waals surface area contributed by atoms with Gasteiger partial charge in [0, 0.05) is 17.7 Å². The molecule has 0 atom stereocenters. The molecule has 2 N–H and O–H groups in total. The van der Waals surface area contributed by atoms with Gasteiger partial charge < -0.3 is 9.84 Å². The third kappa shape index (κ3) is 5.03. The maximum atomic E-state index is 11.7. The first-order chi connectivity index (χ1) is 11.9. The van der Waals surface area contributed by atoms with E-state index in [1.54, 1.807) is 6.07 Å². The molecule has 0 aliphatic carbocycles. The molecule has 130 valence electrons. The number of phenolic OH excluding ortho intramolecular Hbond substituents is 1. The SMILES string of the molecule is Cc1ccc(OCC(=O)N/N=C\c2cc([N+](=O)[O-])ccc2O)cc1C. The van der Waals surface area contributed by atoms with Crippen LogP contribution in [0.2, 0.25) is 0 Å². The number of hydrogen-bond donors (Lipinski definition) is 2. The Morgan fingerprint density at radius 1 is 1.28 bits per heavy atom. The molecule has 0 saturated carbocycles. The number of non-ortho nitro benzene ring substituents is 1. The van der Waals surface area contributed by atoms with Gasteiger partial charge in [0.1, 0.15) is 11.5 Å². The van der Waals surface area contributed by atoms with E-state index in [2.05, 4.69) is 10.5 Å². The third-order valence-electron chi connectivity index (χ3n) is 3.46. The molecule has 0 unspecified atom stereocenters. The van der Waals surface area contributed by atoms with Gasteiger partial charge in [0.25, 0.3) is 11.6 Å². The van der Waals surface area contributed by atoms with Crippen molar-refractivity contribution < 1.29 is 19.6 Å². The van der Waals surface area contributed by atoms with E-state index in [1.165, 1.54) is 12.1 Å². The Balaban J connectivity index is 1.91. The van der Waals surface area contributed by atoms with Gasteiger partial charge in [0.2, 0.25) is 0 Å². The Morgan fingerprint density at radius 3 is 2.72 bits per heavy atom. The predicted octanol–water partition coefficient (Wildman–Crippen LogP) is 2.45. The summed E-state index contributed by atoms with van der Waals surface area (Å²) in [4.78, 5) is 21.8. The second-order valence-electron chi connectivity index (χ2n) is 5.33. The van der Waals surface area contributed by atoms with Crippen molar-refractivity contribution in [1.82, 2.24) is 5.43 Å². The highest BCUT2D eigenvalue weighted by atomic mass is 16.6. The number of nitrogens with zero attached hydrogens (tertiary/aromatic N) is 2. The van der Waals surface area contributed by atoms with Crippen LogP contribution in [0.4, 0.5) is 5.69 Å². The fourth-order valence-electron chi connectivity index (χ4n) is 1.92. The maximum Gasteiger partial charge on any atom is 0.277 e. The lowest BCUT2D eigenvalue weighted by Gasteiger charge is -2.07. The second kappa shape index (κ2) is 7.91. The molecule has 0 saturated heterocycles. The van der Waals surface area contributed by atoms with Crippen LogP contribution in [0.5, 0.6) is 11.5 Å². The lowest BCUT2D eigenvalue weighted by molar-refractivity contribution is -0.384. The van der Waals surface area contributed by atoms with Crippen molar-refractivity contribution >= 4 is 17.8 Å². The van der Waals surface area contributed by atoms with Gasteiger partial charge in [-0.15, -0.1) is 0 Å². The van der Waals surface area contributed by atoms with Gasteiger partial charge in [0.05, 0.1) is 11.1 Å². The molecule has 0 heterocycles. The van der Waals surface area contributed by atoms with E-state index in [9.17, 15) is 20.0 Å². The fourth-order valence-corrected chi connectivity index (χ4v) is 1.92. The molecule has 2 aromatic carbocycles. The van der Waals surface area contributed by atoms with Gasteiger partial charge in [-0.3, -0.25) is 14.9 Å². The number of aromatic hydroxyl groups is 1. The van der Waals surface area contributed by atoms with Crippen molar-refractivity contribution in [1.29, 1.82) is 0 Å². The molecule has 2 rings (SSSR count). The van der Waals surface area contributed by atoms with Crippen LogP contribution in [0.1, 0.15) is 16.7 Å². The summed E-state index contributed by atoms with van der Waals surface area (Å²) in [5.41, 5.74) is 4.33. The van der Waals surface area contributed by atoms with E-state index < -0.39 is 10.8 Å². The van der Waals surface area contributed by atoms with Crippen molar-refractivity contribution in [3.8, 4) is 11.5 Å². The standard InChI is InChI=1S/C17H17N3O5/c1-11-3-5-15(7-12(11)2)25-10-17(22)19-18-9-13-8-14(20(23)24)4-6-16(13)21/h3-9,21H,10H2,1-2H3,(H,19,22)/b18-9-. The van der Waals surface area contributed by atoms with Crippen molar-refractivity contribution in [2.45, 2.75) is 13.8 Å². The molecule has 0 aromatic heterocycles. The molecular formula is C17H17N3O5. The Morgan fingerprint density at radius 2 is 2.04 bits per heavy atom. The van der Waals surface area contributed by atoms with Crippen LogP contribution in [0, 0.1) is 24.0 Å². The minimum atomic E-state index is -0.591. The Bertz CT molecular complexity index is 833. The summed E-state index contributed by atoms with van der Waals surface area (Å²) in [7, 11) is 0. The number of benzene rings is 2. The summed E-state index contributed by atoms with van der Waals surface area (Å²) >= 11 is 0. The first-order valence-electron chi connectivity index (χ1n) is 7.36. The zero-order chi connectivity index (χ0) is 18.4. The maximum absolute atomic E-state index is 11.7. The highest BCUT2D eigenvalue weighted by molar-refractivity contribution is 5.86. The van der Waals surface area contributed by atoms with Crippen LogP contribution in [-0.2, 0) is 4.79 Å². The van der Waals surface area contributed by atoms with Crippen LogP contribution in [0.15, 0.2) is 41.5 Å². The number of carbonyl (C=O) groups is 1. The number of nitro benzene ring substituents is 1. The molecule has 8 nitrogen and oxygen atoms in total. The summed E-state index contributed by atoms with van der Waals surface area (Å²) in [6.45, 7) is 3.68. The van der Waals surface area contributed by atoms with Crippen molar-refractivity contribution in [2.24, 2.45) is 5.10 Å². The van der Waals surface area contributed by atoms with Crippen LogP contribution >= 0.6 is 0 Å². The molecule has 0 aliphatic rings. The fraction of sp³-hybridized carbons (Fsp3) is 0.176. The Labute approximate surface area is 143 Å². The number of amides is 1. The molecule has 1 amide bonds. The first-order valence-corrected chi connectivity index (χ1v) is 7.36. The zero-order valence-corrected chi connectivity index (χ0v) is 13.7. The number of aryl methyl sites for hydroxylation is 2. The van der Waals surface area contributed by atoms with Gasteiger partial charge in [0.15, 0.2) is 6.61 Å². The molecule has 0 fully saturated rings. The molecule has 0 radical (unpaired) electrons. The number of ether oxygens (including phenoxy) is 1. The monoisotopic (exact) mass is 343 g/mol. The predicted molar refractivity (Wildman–Crippen MR) is 91.9 cm³/mol. The van der Waals surface area contributed by atoms with Gasteiger partial charge in [-0.2, -0.15) is 5.10 Å². The number of nitrogens with one attached hydrogen (secondary N) is 1. The van der Waals surface area contributed by atoms with Crippen LogP contribution in [-0.4, -0.2) is 28.8 Å². The minimum Gasteiger partial charge on any atom is -0.507 e. The van der Waals surface area contributed by atoms with Crippen LogP contribution in [0.25, 0.3) is 0 Å². The highest BCUT2D eigenvalue weighted by Crippen LogP contribution is 2.21. The Hall–Kier alpha value is -3.42. The smallest absolute Gasteiger partial charge is 0.277 e. The van der Waals surface area contributed by atoms with Crippen LogP contribution < -0.4 is 10.2 Å². The quantitative estimate of drug-likeness (QED) is 0.475. The molecule has 0 spiro atoms. The highest BCUT2D eigenvalue weighted by Gasteiger charge is 2.09. The molecule has 0 bridgehead atoms. The van der Waals surface area contributed by atoms with Gasteiger partial charge in [-0.1, -0.05) is 6.07 Å². The average molecular weight is 343 g/mol. The summed E-state index contributed by atoms with van der Waals surface area (Å²) in [5, 5.41) is 24.0. The number of carbonyl (C=O) groups excluding carboxylic acids is 1. The van der Waals surface area contributed by atoms with E-state index in [4.69, 9.17) is 4.74 Å². The van der Waals surface area contributed by atoms with Gasteiger partial charge in [-0.05, 0) is 43.2 Å². The molecule has 0 aliphatic heterocycles. The number of hydrazone groups is 1. The number of nitro groups is 1. The Kier molecular flexibility index (Phi) is 5.67. The molecule has 8 heteroatoms. The molecular weight excluding hydrogens is 326 g/mol. The van der Waals surface area contributed by atoms with E-state index >= 15 is 0 Å². The molecule has 2 aromatic rings. The van der Waals surface area contributed by atoms with Gasteiger partial charge in [-0.25, -0.2) is 5.43 Å². The largest absolute Gasteiger partial charge is 0.507 e. The number of phenols is 1. The second-order valence-corrected chi connectivity index (χ2v) is 5.33. The third-order valence-corrected chi connectivity index (χ3v) is 3.46. The van der Waals surface area contributed by atoms with Crippen LogP contribution in [0.3, 0.4) is 0 Å². The topological polar surface area (TPSA) is 114 Å². The summed E-state index contributed by atoms with van der Waals surface area (Å²) in [6.07, 6.45) is 1.12. The lowest BCUT2D eigenvalue weighted by Crippen LogP contribution is -2.24. The summed E-state index contributed by atoms with van der Waals surface area (Å²) < 4.78 is 5.36. The average Bonchev–Trinajstić information content (AvgIpc) is 2.57. The minimum absolute atomic E-state index is 0.115. The lowest BCUT2D eigenvalue weighted by atomic mass is 10.1. The van der Waals surface area contributed by atoms with E-state index in [0.717, 1.165) is 23.4 Å². The van der Waals surface area contributed by atoms with Gasteiger partial charge >= 0.3 is 0 Å². The normalized spacial score (nSPS) is 10.6. The number of hydrogen-bond acceptors (Lipinski definition) is 6. The van der Waals surface area contributed by atoms with Crippen molar-refractivity contribution in [3.63, 3.8) is 0 Å². The van der Waals surface area contributed by atoms with E-state index in [0.29, 0.717) is 5.75 Å². The summed E-state index contributed by atoms with van der Waals surface area (Å²) in [6, 6.07) is 8.99. The molecule has 25 heavy (non-hydrogen) atoms. The van der Waals surface area contributed by atoms with E-state index in [1.807, 2.05) is 26.0 Å². The summed E-state index contributed by atoms with van der Waals surface area (Å²) in [5.74, 6) is -0.118. The van der Waals surface area contributed by atoms with E-state index in [-0.39, 0.29) is 23.6 Å².